The molecule has 1 amide bonds. The van der Waals surface area contributed by atoms with Crippen LogP contribution in [0.1, 0.15) is 26.2 Å². The van der Waals surface area contributed by atoms with E-state index < -0.39 is 5.54 Å². The summed E-state index contributed by atoms with van der Waals surface area (Å²) in [5.41, 5.74) is 5.93. The minimum Gasteiger partial charge on any atom is -0.494 e. The molecule has 0 radical (unpaired) electrons. The number of hydrogen-bond acceptors (Lipinski definition) is 3. The number of benzene rings is 1. The van der Waals surface area contributed by atoms with Gasteiger partial charge in [0.15, 0.2) is 0 Å². The van der Waals surface area contributed by atoms with E-state index in [1.165, 1.54) is 0 Å². The van der Waals surface area contributed by atoms with E-state index in [4.69, 9.17) is 10.5 Å². The second kappa shape index (κ2) is 4.75. The van der Waals surface area contributed by atoms with Crippen molar-refractivity contribution < 1.29 is 9.53 Å². The van der Waals surface area contributed by atoms with Crippen LogP contribution >= 0.6 is 0 Å². The third kappa shape index (κ3) is 2.97. The van der Waals surface area contributed by atoms with Crippen molar-refractivity contribution in [3.05, 3.63) is 24.3 Å². The van der Waals surface area contributed by atoms with Gasteiger partial charge in [-0.25, -0.2) is 0 Å². The summed E-state index contributed by atoms with van der Waals surface area (Å²) in [4.78, 5) is 11.7. The lowest BCUT2D eigenvalue weighted by atomic mass is 10.2. The van der Waals surface area contributed by atoms with Gasteiger partial charge in [0.1, 0.15) is 5.75 Å². The van der Waals surface area contributed by atoms with Gasteiger partial charge in [-0.05, 0) is 43.5 Å². The molecule has 0 aliphatic heterocycles. The van der Waals surface area contributed by atoms with Crippen LogP contribution < -0.4 is 15.8 Å². The van der Waals surface area contributed by atoms with Gasteiger partial charge >= 0.3 is 0 Å². The summed E-state index contributed by atoms with van der Waals surface area (Å²) in [6.07, 6.45) is 2.53. The van der Waals surface area contributed by atoms with Gasteiger partial charge in [-0.15, -0.1) is 0 Å². The smallest absolute Gasteiger partial charge is 0.244 e. The molecule has 0 saturated heterocycles. The predicted molar refractivity (Wildman–Crippen MR) is 67.0 cm³/mol. The largest absolute Gasteiger partial charge is 0.494 e. The summed E-state index contributed by atoms with van der Waals surface area (Å²) in [6.45, 7) is 2.77. The monoisotopic (exact) mass is 234 g/mol. The molecule has 0 heterocycles. The lowest BCUT2D eigenvalue weighted by Gasteiger charge is -2.10. The lowest BCUT2D eigenvalue weighted by Crippen LogP contribution is -2.37. The number of nitrogens with one attached hydrogen (secondary N) is 1. The maximum Gasteiger partial charge on any atom is 0.244 e. The average Bonchev–Trinajstić information content (AvgIpc) is 3.08. The van der Waals surface area contributed by atoms with Crippen LogP contribution in [0.4, 0.5) is 5.69 Å². The van der Waals surface area contributed by atoms with E-state index in [1.807, 2.05) is 24.3 Å². The summed E-state index contributed by atoms with van der Waals surface area (Å²) in [5, 5.41) is 2.81. The van der Waals surface area contributed by atoms with Crippen LogP contribution in [0.5, 0.6) is 5.75 Å². The fourth-order valence-electron chi connectivity index (χ4n) is 1.47. The molecule has 0 spiro atoms. The second-order valence-electron chi connectivity index (χ2n) is 4.48. The Morgan fingerprint density at radius 2 is 2.06 bits per heavy atom. The van der Waals surface area contributed by atoms with E-state index in [0.29, 0.717) is 6.61 Å². The van der Waals surface area contributed by atoms with Crippen LogP contribution in [0.25, 0.3) is 0 Å². The first-order chi connectivity index (χ1) is 8.14. The number of hydrogen-bond donors (Lipinski definition) is 2. The normalized spacial score (nSPS) is 16.4. The van der Waals surface area contributed by atoms with Crippen LogP contribution in [0.15, 0.2) is 24.3 Å². The Hall–Kier alpha value is -1.55. The van der Waals surface area contributed by atoms with Gasteiger partial charge in [0.2, 0.25) is 5.91 Å². The zero-order valence-electron chi connectivity index (χ0n) is 10.0. The zero-order chi connectivity index (χ0) is 12.3. The number of anilines is 1. The number of ether oxygens (including phenoxy) is 1. The third-order valence-electron chi connectivity index (χ3n) is 2.83. The average molecular weight is 234 g/mol. The van der Waals surface area contributed by atoms with E-state index >= 15 is 0 Å². The highest BCUT2D eigenvalue weighted by atomic mass is 16.5. The van der Waals surface area contributed by atoms with Crippen molar-refractivity contribution in [1.29, 1.82) is 0 Å². The summed E-state index contributed by atoms with van der Waals surface area (Å²) in [7, 11) is 0. The summed E-state index contributed by atoms with van der Waals surface area (Å²) < 4.78 is 5.46. The molecule has 1 saturated carbocycles. The summed E-state index contributed by atoms with van der Waals surface area (Å²) >= 11 is 0. The molecule has 1 aromatic rings. The molecule has 3 N–H and O–H groups in total. The minimum absolute atomic E-state index is 0.0975. The topological polar surface area (TPSA) is 64.3 Å². The van der Waals surface area contributed by atoms with Crippen LogP contribution in [0.3, 0.4) is 0 Å². The molecule has 1 aliphatic rings. The van der Waals surface area contributed by atoms with Gasteiger partial charge in [0, 0.05) is 5.69 Å². The predicted octanol–water partition coefficient (Wildman–Crippen LogP) is 1.91. The minimum atomic E-state index is -0.628. The molecular weight excluding hydrogens is 216 g/mol. The molecular formula is C13H18N2O2. The Morgan fingerprint density at radius 3 is 2.59 bits per heavy atom. The fraction of sp³-hybridized carbons (Fsp3) is 0.462. The van der Waals surface area contributed by atoms with Crippen LogP contribution in [0, 0.1) is 0 Å². The first-order valence-corrected chi connectivity index (χ1v) is 5.97. The maximum absolute atomic E-state index is 11.7. The van der Waals surface area contributed by atoms with Gasteiger partial charge in [-0.2, -0.15) is 0 Å². The molecule has 17 heavy (non-hydrogen) atoms. The molecule has 0 bridgehead atoms. The molecule has 0 unspecified atom stereocenters. The van der Waals surface area contributed by atoms with Gasteiger partial charge in [0.25, 0.3) is 0 Å². The molecule has 0 atom stereocenters. The standard InChI is InChI=1S/C13H18N2O2/c1-2-9-17-11-5-3-10(4-6-11)15-12(16)13(14)7-8-13/h3-6H,2,7-9,14H2,1H3,(H,15,16). The van der Waals surface area contributed by atoms with E-state index in [2.05, 4.69) is 12.2 Å². The third-order valence-corrected chi connectivity index (χ3v) is 2.83. The van der Waals surface area contributed by atoms with Crippen molar-refractivity contribution >= 4 is 11.6 Å². The van der Waals surface area contributed by atoms with Gasteiger partial charge in [-0.3, -0.25) is 4.79 Å². The van der Waals surface area contributed by atoms with Gasteiger partial charge in [-0.1, -0.05) is 6.92 Å². The fourth-order valence-corrected chi connectivity index (χ4v) is 1.47. The Labute approximate surface area is 101 Å². The molecule has 0 aromatic heterocycles. The quantitative estimate of drug-likeness (QED) is 0.818. The van der Waals surface area contributed by atoms with Gasteiger partial charge in [0.05, 0.1) is 12.1 Å². The van der Waals surface area contributed by atoms with Gasteiger partial charge < -0.3 is 15.8 Å². The second-order valence-corrected chi connectivity index (χ2v) is 4.48. The Balaban J connectivity index is 1.91. The Kier molecular flexibility index (Phi) is 3.33. The SMILES string of the molecule is CCCOc1ccc(NC(=O)C2(N)CC2)cc1. The molecule has 4 heteroatoms. The van der Waals surface area contributed by atoms with Crippen molar-refractivity contribution in [2.24, 2.45) is 5.73 Å². The van der Waals surface area contributed by atoms with E-state index in [0.717, 1.165) is 30.7 Å². The molecule has 1 aliphatic carbocycles. The highest BCUT2D eigenvalue weighted by Gasteiger charge is 2.45. The van der Waals surface area contributed by atoms with E-state index in [-0.39, 0.29) is 5.91 Å². The summed E-state index contributed by atoms with van der Waals surface area (Å²) in [6, 6.07) is 7.35. The first kappa shape index (κ1) is 11.9. The molecule has 1 aromatic carbocycles. The molecule has 1 fully saturated rings. The highest BCUT2D eigenvalue weighted by Crippen LogP contribution is 2.33. The number of amides is 1. The molecule has 2 rings (SSSR count). The van der Waals surface area contributed by atoms with Crippen LogP contribution in [-0.2, 0) is 4.79 Å². The van der Waals surface area contributed by atoms with E-state index in [9.17, 15) is 4.79 Å². The lowest BCUT2D eigenvalue weighted by molar-refractivity contribution is -0.118. The zero-order valence-corrected chi connectivity index (χ0v) is 10.0. The van der Waals surface area contributed by atoms with Crippen molar-refractivity contribution in [3.63, 3.8) is 0 Å². The van der Waals surface area contributed by atoms with E-state index in [1.54, 1.807) is 0 Å². The number of carbonyl (C=O) groups excluding carboxylic acids is 1. The maximum atomic E-state index is 11.7. The van der Waals surface area contributed by atoms with Crippen molar-refractivity contribution in [1.82, 2.24) is 0 Å². The summed E-state index contributed by atoms with van der Waals surface area (Å²) in [5.74, 6) is 0.721. The van der Waals surface area contributed by atoms with Crippen LogP contribution in [0.2, 0.25) is 0 Å². The number of nitrogens with two attached hydrogens (primary N) is 1. The molecule has 92 valence electrons. The van der Waals surface area contributed by atoms with Crippen molar-refractivity contribution in [3.8, 4) is 5.75 Å². The Bertz CT molecular complexity index is 396. The molecule has 4 nitrogen and oxygen atoms in total. The first-order valence-electron chi connectivity index (χ1n) is 5.97. The van der Waals surface area contributed by atoms with Crippen molar-refractivity contribution in [2.45, 2.75) is 31.7 Å². The van der Waals surface area contributed by atoms with Crippen molar-refractivity contribution in [2.75, 3.05) is 11.9 Å². The Morgan fingerprint density at radius 1 is 1.41 bits per heavy atom. The van der Waals surface area contributed by atoms with Crippen LogP contribution in [-0.4, -0.2) is 18.1 Å². The number of carbonyl (C=O) groups is 1. The highest BCUT2D eigenvalue weighted by molar-refractivity contribution is 6.00. The number of rotatable bonds is 5.